The highest BCUT2D eigenvalue weighted by Gasteiger charge is 2.26. The fourth-order valence-corrected chi connectivity index (χ4v) is 5.19. The van der Waals surface area contributed by atoms with Crippen LogP contribution in [0.5, 0.6) is 0 Å². The first-order valence-corrected chi connectivity index (χ1v) is 9.69. The minimum Gasteiger partial charge on any atom is -0.296 e. The van der Waals surface area contributed by atoms with Crippen molar-refractivity contribution in [2.75, 3.05) is 0 Å². The molecule has 4 rings (SSSR count). The van der Waals surface area contributed by atoms with E-state index in [1.165, 1.54) is 17.0 Å². The van der Waals surface area contributed by atoms with E-state index in [2.05, 4.69) is 4.98 Å². The first-order chi connectivity index (χ1) is 13.6. The number of nitrogens with zero attached hydrogens (tertiary/aromatic N) is 2. The van der Waals surface area contributed by atoms with Gasteiger partial charge in [0.1, 0.15) is 5.57 Å². The first-order valence-electron chi connectivity index (χ1n) is 8.35. The smallest absolute Gasteiger partial charge is 0.199 e. The minimum absolute atomic E-state index is 0.414. The standard InChI is InChI=1S/C21H13F4N2P/c22-16-13-17(19(24)20(25)18(16)23)27-12-11-26-21(27)28(14-7-3-1-4-8-14)15-9-5-2-6-10-15/h1-13H. The lowest BCUT2D eigenvalue weighted by molar-refractivity contribution is 0.407. The van der Waals surface area contributed by atoms with Crippen LogP contribution in [0, 0.1) is 23.3 Å². The highest BCUT2D eigenvalue weighted by atomic mass is 31.1. The number of hydrogen-bond acceptors (Lipinski definition) is 1. The molecule has 0 atom stereocenters. The van der Waals surface area contributed by atoms with Crippen LogP contribution in [0.2, 0.25) is 0 Å². The van der Waals surface area contributed by atoms with Gasteiger partial charge < -0.3 is 0 Å². The molecule has 3 aromatic carbocycles. The van der Waals surface area contributed by atoms with Gasteiger partial charge in [0.25, 0.3) is 0 Å². The number of aromatic nitrogens is 2. The molecule has 0 bridgehead atoms. The molecule has 0 radical (unpaired) electrons. The van der Waals surface area contributed by atoms with Crippen LogP contribution in [-0.2, 0) is 0 Å². The Balaban J connectivity index is 1.94. The van der Waals surface area contributed by atoms with Crippen LogP contribution in [0.25, 0.3) is 5.69 Å². The van der Waals surface area contributed by atoms with Gasteiger partial charge in [-0.2, -0.15) is 0 Å². The molecular weight excluding hydrogens is 387 g/mol. The Kier molecular flexibility index (Phi) is 4.97. The fourth-order valence-electron chi connectivity index (χ4n) is 2.92. The zero-order valence-corrected chi connectivity index (χ0v) is 15.3. The number of benzene rings is 3. The van der Waals surface area contributed by atoms with Gasteiger partial charge in [0.05, 0.1) is 5.69 Å². The summed E-state index contributed by atoms with van der Waals surface area (Å²) in [5.41, 5.74) is -0.0139. The van der Waals surface area contributed by atoms with Crippen molar-refractivity contribution >= 4 is 24.1 Å². The molecule has 7 heteroatoms. The quantitative estimate of drug-likeness (QED) is 0.218. The third kappa shape index (κ3) is 3.20. The molecule has 4 aromatic rings. The monoisotopic (exact) mass is 400 g/mol. The number of rotatable bonds is 4. The van der Waals surface area contributed by atoms with Gasteiger partial charge in [-0.15, -0.1) is 0 Å². The largest absolute Gasteiger partial charge is 0.296 e. The van der Waals surface area contributed by atoms with Crippen molar-refractivity contribution in [3.63, 3.8) is 0 Å². The number of halogens is 4. The van der Waals surface area contributed by atoms with Crippen molar-refractivity contribution in [2.24, 2.45) is 0 Å². The van der Waals surface area contributed by atoms with Crippen LogP contribution in [0.4, 0.5) is 17.6 Å². The lowest BCUT2D eigenvalue weighted by Gasteiger charge is -2.20. The van der Waals surface area contributed by atoms with Crippen LogP contribution in [0.3, 0.4) is 0 Å². The molecule has 0 N–H and O–H groups in total. The molecule has 0 aliphatic heterocycles. The van der Waals surface area contributed by atoms with Crippen LogP contribution in [-0.4, -0.2) is 9.55 Å². The topological polar surface area (TPSA) is 17.8 Å². The molecule has 1 aromatic heterocycles. The van der Waals surface area contributed by atoms with E-state index in [0.29, 0.717) is 11.6 Å². The third-order valence-corrected chi connectivity index (χ3v) is 6.55. The second-order valence-electron chi connectivity index (χ2n) is 5.92. The molecule has 0 amide bonds. The van der Waals surface area contributed by atoms with E-state index in [0.717, 1.165) is 10.6 Å². The van der Waals surface area contributed by atoms with Crippen molar-refractivity contribution < 1.29 is 17.6 Å². The molecule has 0 saturated carbocycles. The summed E-state index contributed by atoms with van der Waals surface area (Å²) in [6.07, 6.45) is 2.83. The number of imidazole rings is 1. The normalized spacial score (nSPS) is 11.2. The van der Waals surface area contributed by atoms with Gasteiger partial charge in [-0.3, -0.25) is 4.57 Å². The van der Waals surface area contributed by atoms with Gasteiger partial charge in [-0.05, 0) is 10.6 Å². The average molecular weight is 400 g/mol. The Labute approximate surface area is 159 Å². The predicted molar refractivity (Wildman–Crippen MR) is 102 cm³/mol. The maximum atomic E-state index is 14.4. The molecular formula is C21H13F4N2P. The zero-order valence-electron chi connectivity index (χ0n) is 14.4. The van der Waals surface area contributed by atoms with E-state index >= 15 is 0 Å². The summed E-state index contributed by atoms with van der Waals surface area (Å²) in [4.78, 5) is 4.35. The Bertz CT molecular complexity index is 1070. The second-order valence-corrected chi connectivity index (χ2v) is 8.03. The lowest BCUT2D eigenvalue weighted by atomic mass is 10.2. The molecule has 0 fully saturated rings. The van der Waals surface area contributed by atoms with E-state index in [1.807, 2.05) is 60.7 Å². The van der Waals surface area contributed by atoms with Crippen molar-refractivity contribution in [1.29, 1.82) is 0 Å². The van der Waals surface area contributed by atoms with Crippen LogP contribution < -0.4 is 16.2 Å². The van der Waals surface area contributed by atoms with E-state index in [1.54, 1.807) is 0 Å². The van der Waals surface area contributed by atoms with Crippen LogP contribution in [0.15, 0.2) is 79.1 Å². The number of hydrogen-bond donors (Lipinski definition) is 0. The Morgan fingerprint density at radius 2 is 1.29 bits per heavy atom. The lowest BCUT2D eigenvalue weighted by Crippen LogP contribution is -2.27. The van der Waals surface area contributed by atoms with Gasteiger partial charge in [-0.25, -0.2) is 22.5 Å². The van der Waals surface area contributed by atoms with Gasteiger partial charge in [0, 0.05) is 26.4 Å². The minimum atomic E-state index is -1.85. The highest BCUT2D eigenvalue weighted by Crippen LogP contribution is 2.33. The van der Waals surface area contributed by atoms with E-state index in [4.69, 9.17) is 0 Å². The summed E-state index contributed by atoms with van der Waals surface area (Å²) in [5.74, 6) is -6.61. The molecule has 140 valence electrons. The molecule has 2 nitrogen and oxygen atoms in total. The summed E-state index contributed by atoms with van der Waals surface area (Å²) >= 11 is 0. The van der Waals surface area contributed by atoms with Crippen LogP contribution >= 0.6 is 7.92 Å². The molecule has 0 spiro atoms. The fraction of sp³-hybridized carbons (Fsp3) is 0. The zero-order chi connectivity index (χ0) is 19.7. The molecule has 28 heavy (non-hydrogen) atoms. The van der Waals surface area contributed by atoms with E-state index in [-0.39, 0.29) is 0 Å². The summed E-state index contributed by atoms with van der Waals surface area (Å²) in [6.45, 7) is 0. The molecule has 1 heterocycles. The molecule has 0 saturated heterocycles. The average Bonchev–Trinajstić information content (AvgIpc) is 3.20. The predicted octanol–water partition coefficient (Wildman–Crippen LogP) is 4.19. The van der Waals surface area contributed by atoms with Gasteiger partial charge in [0.2, 0.25) is 0 Å². The van der Waals surface area contributed by atoms with Gasteiger partial charge in [0.15, 0.2) is 23.3 Å². The SMILES string of the molecule is Fc1cc(-n2ccnc2P(c2ccccc2)c2ccccc2)c(F)c(F)c1F. The first kappa shape index (κ1) is 18.4. The van der Waals surface area contributed by atoms with Crippen molar-refractivity contribution in [3.8, 4) is 5.69 Å². The van der Waals surface area contributed by atoms with Crippen molar-refractivity contribution in [3.05, 3.63) is 102 Å². The maximum Gasteiger partial charge on any atom is 0.199 e. The van der Waals surface area contributed by atoms with Gasteiger partial charge >= 0.3 is 0 Å². The maximum absolute atomic E-state index is 14.4. The third-order valence-electron chi connectivity index (χ3n) is 4.19. The van der Waals surface area contributed by atoms with Crippen LogP contribution in [0.1, 0.15) is 0 Å². The highest BCUT2D eigenvalue weighted by molar-refractivity contribution is 7.79. The summed E-state index contributed by atoms with van der Waals surface area (Å²) in [6, 6.07) is 19.6. The van der Waals surface area contributed by atoms with E-state index < -0.39 is 36.9 Å². The van der Waals surface area contributed by atoms with Crippen molar-refractivity contribution in [1.82, 2.24) is 9.55 Å². The molecule has 0 aliphatic carbocycles. The summed E-state index contributed by atoms with van der Waals surface area (Å²) < 4.78 is 56.7. The van der Waals surface area contributed by atoms with E-state index in [9.17, 15) is 17.6 Å². The second kappa shape index (κ2) is 7.56. The molecule has 0 unspecified atom stereocenters. The van der Waals surface area contributed by atoms with Crippen molar-refractivity contribution in [2.45, 2.75) is 0 Å². The summed E-state index contributed by atoms with van der Waals surface area (Å²) in [5, 5.41) is 1.86. The Hall–Kier alpha value is -2.98. The Morgan fingerprint density at radius 1 is 0.714 bits per heavy atom. The van der Waals surface area contributed by atoms with Gasteiger partial charge in [-0.1, -0.05) is 60.7 Å². The molecule has 0 aliphatic rings. The Morgan fingerprint density at radius 3 is 1.86 bits per heavy atom. The summed E-state index contributed by atoms with van der Waals surface area (Å²) in [7, 11) is -1.25.